The van der Waals surface area contributed by atoms with Crippen molar-refractivity contribution in [3.05, 3.63) is 96.7 Å². The first-order valence-electron chi connectivity index (χ1n) is 11.7. The number of Topliss-reactive ketones (excluding diaryl/α,β-unsaturated/α-hetero) is 2. The summed E-state index contributed by atoms with van der Waals surface area (Å²) in [5.74, 6) is -0.987. The lowest BCUT2D eigenvalue weighted by Crippen LogP contribution is -1.89. The second-order valence-corrected chi connectivity index (χ2v) is 4.54. The fourth-order valence-corrected chi connectivity index (χ4v) is 1.38. The second kappa shape index (κ2) is 12.0. The third-order valence-corrected chi connectivity index (χ3v) is 2.68. The molecule has 3 aromatic rings. The Morgan fingerprint density at radius 1 is 0.923 bits per heavy atom. The second-order valence-electron chi connectivity index (χ2n) is 4.54. The smallest absolute Gasteiger partial charge is 0.159 e. The predicted octanol–water partition coefficient (Wildman–Crippen LogP) is 4.29. The summed E-state index contributed by atoms with van der Waals surface area (Å²) < 4.78 is 62.7. The Labute approximate surface area is 166 Å². The molecule has 0 N–H and O–H groups in total. The zero-order valence-corrected chi connectivity index (χ0v) is 13.9. The summed E-state index contributed by atoms with van der Waals surface area (Å²) in [7, 11) is 0. The van der Waals surface area contributed by atoms with Gasteiger partial charge in [0.25, 0.3) is 0 Å². The SMILES string of the molecule is CC(=O)c1ccncc1.[2H]C([2H])=Cc1cc([2H])nc([2H])c1.[2H]c1cc(C(=O)C([2H])([2H])[2H])cc([2H])n1. The molecule has 26 heavy (non-hydrogen) atoms. The Kier molecular flexibility index (Phi) is 4.84. The molecule has 0 bridgehead atoms. The number of nitrogens with zero attached hydrogens (tertiary/aromatic N) is 3. The van der Waals surface area contributed by atoms with Gasteiger partial charge < -0.3 is 0 Å². The number of pyridine rings is 3. The van der Waals surface area contributed by atoms with E-state index < -0.39 is 12.6 Å². The number of aromatic nitrogens is 3. The fraction of sp³-hybridized carbons (Fsp3) is 0.0952. The normalized spacial score (nSPS) is 14.1. The third-order valence-electron chi connectivity index (χ3n) is 2.68. The highest BCUT2D eigenvalue weighted by Crippen LogP contribution is 1.96. The first-order valence-corrected chi connectivity index (χ1v) is 7.20. The summed E-state index contributed by atoms with van der Waals surface area (Å²) in [5, 5.41) is 0. The van der Waals surface area contributed by atoms with Crippen LogP contribution in [-0.4, -0.2) is 26.5 Å². The van der Waals surface area contributed by atoms with Crippen LogP contribution < -0.4 is 0 Å². The molecule has 0 atom stereocenters. The van der Waals surface area contributed by atoms with Gasteiger partial charge in [-0.05, 0) is 55.7 Å². The molecule has 0 aromatic carbocycles. The highest BCUT2D eigenvalue weighted by molar-refractivity contribution is 5.94. The van der Waals surface area contributed by atoms with Gasteiger partial charge in [0.15, 0.2) is 11.6 Å². The first-order chi connectivity index (χ1) is 16.2. The Balaban J connectivity index is 0.000000269. The molecule has 0 radical (unpaired) electrons. The molecular weight excluding hydrogens is 326 g/mol. The van der Waals surface area contributed by atoms with E-state index in [2.05, 4.69) is 15.0 Å². The standard InChI is InChI=1S/2C7H7NO.C7H7N/c2*1-6(9)7-2-4-8-5-3-7;1-2-7-3-5-8-6-4-7/h2*2-5H,1H3;2-6H,1H2/i1D3,4D,5D;;1D2,5D,6D. The maximum absolute atomic E-state index is 11.2. The van der Waals surface area contributed by atoms with Crippen LogP contribution in [0.25, 0.3) is 6.08 Å². The molecule has 132 valence electrons. The van der Waals surface area contributed by atoms with E-state index in [4.69, 9.17) is 12.3 Å². The largest absolute Gasteiger partial charge is 0.295 e. The number of rotatable bonds is 3. The van der Waals surface area contributed by atoms with Gasteiger partial charge in [0, 0.05) is 52.3 Å². The van der Waals surface area contributed by atoms with Crippen LogP contribution in [-0.2, 0) is 0 Å². The van der Waals surface area contributed by atoms with Gasteiger partial charge in [-0.1, -0.05) is 12.6 Å². The zero-order chi connectivity index (χ0) is 26.8. The molecule has 0 aliphatic heterocycles. The van der Waals surface area contributed by atoms with Crippen LogP contribution in [0.2, 0.25) is 0 Å². The van der Waals surface area contributed by atoms with E-state index in [1.807, 2.05) is 0 Å². The summed E-state index contributed by atoms with van der Waals surface area (Å²) in [6.07, 6.45) is 3.87. The van der Waals surface area contributed by atoms with Crippen molar-refractivity contribution in [2.45, 2.75) is 13.8 Å². The highest BCUT2D eigenvalue weighted by Gasteiger charge is 1.94. The van der Waals surface area contributed by atoms with Gasteiger partial charge in [0.1, 0.15) is 0 Å². The molecule has 3 rings (SSSR count). The van der Waals surface area contributed by atoms with E-state index in [0.717, 1.165) is 12.1 Å². The van der Waals surface area contributed by atoms with Gasteiger partial charge in [-0.25, -0.2) is 0 Å². The third kappa shape index (κ3) is 8.40. The minimum atomic E-state index is -2.74. The van der Waals surface area contributed by atoms with Crippen LogP contribution in [0.3, 0.4) is 0 Å². The van der Waals surface area contributed by atoms with Crippen LogP contribution in [0, 0.1) is 0 Å². The van der Waals surface area contributed by atoms with E-state index in [9.17, 15) is 9.59 Å². The van der Waals surface area contributed by atoms with Gasteiger partial charge >= 0.3 is 0 Å². The molecule has 0 saturated heterocycles. The van der Waals surface area contributed by atoms with Crippen molar-refractivity contribution in [1.82, 2.24) is 15.0 Å². The van der Waals surface area contributed by atoms with Gasteiger partial charge in [0.05, 0.1) is 8.22 Å². The zero-order valence-electron chi connectivity index (χ0n) is 22.9. The Hall–Kier alpha value is -3.47. The lowest BCUT2D eigenvalue weighted by molar-refractivity contribution is 0.100. The van der Waals surface area contributed by atoms with E-state index in [-0.39, 0.29) is 42.6 Å². The topological polar surface area (TPSA) is 72.8 Å². The maximum Gasteiger partial charge on any atom is 0.159 e. The molecule has 3 aromatic heterocycles. The van der Waals surface area contributed by atoms with E-state index in [1.54, 1.807) is 24.5 Å². The fourth-order valence-electron chi connectivity index (χ4n) is 1.38. The molecule has 0 fully saturated rings. The van der Waals surface area contributed by atoms with Crippen molar-refractivity contribution in [1.29, 1.82) is 0 Å². The van der Waals surface area contributed by atoms with Crippen LogP contribution in [0.15, 0.2) is 80.0 Å². The minimum absolute atomic E-state index is 0.0185. The quantitative estimate of drug-likeness (QED) is 0.654. The number of carbonyl (C=O) groups excluding carboxylic acids is 2. The molecule has 0 aliphatic carbocycles. The Morgan fingerprint density at radius 3 is 1.92 bits per heavy atom. The molecule has 5 heteroatoms. The maximum atomic E-state index is 11.2. The number of hydrogen-bond donors (Lipinski definition) is 0. The van der Waals surface area contributed by atoms with Crippen molar-refractivity contribution in [2.24, 2.45) is 0 Å². The number of hydrogen-bond acceptors (Lipinski definition) is 5. The van der Waals surface area contributed by atoms with Crippen molar-refractivity contribution in [2.75, 3.05) is 0 Å². The summed E-state index contributed by atoms with van der Waals surface area (Å²) in [4.78, 5) is 32.5. The van der Waals surface area contributed by atoms with Gasteiger partial charge in [-0.2, -0.15) is 0 Å². The van der Waals surface area contributed by atoms with Gasteiger partial charge in [-0.3, -0.25) is 24.5 Å². The molecule has 5 nitrogen and oxygen atoms in total. The molecule has 0 unspecified atom stereocenters. The van der Waals surface area contributed by atoms with E-state index >= 15 is 0 Å². The van der Waals surface area contributed by atoms with Crippen molar-refractivity contribution < 1.29 is 21.9 Å². The summed E-state index contributed by atoms with van der Waals surface area (Å²) in [6, 6.07) is 8.27. The van der Waals surface area contributed by atoms with Crippen molar-refractivity contribution in [3.63, 3.8) is 0 Å². The predicted molar refractivity (Wildman–Crippen MR) is 103 cm³/mol. The van der Waals surface area contributed by atoms with Crippen LogP contribution >= 0.6 is 0 Å². The van der Waals surface area contributed by atoms with E-state index in [1.165, 1.54) is 25.1 Å². The molecule has 0 amide bonds. The number of ketones is 2. The summed E-state index contributed by atoms with van der Waals surface area (Å²) in [5.41, 5.74) is 1.04. The van der Waals surface area contributed by atoms with Crippen molar-refractivity contribution >= 4 is 17.6 Å². The van der Waals surface area contributed by atoms with Crippen LogP contribution in [0.5, 0.6) is 0 Å². The number of carbonyl (C=O) groups is 2. The monoisotopic (exact) mass is 356 g/mol. The van der Waals surface area contributed by atoms with Crippen LogP contribution in [0.1, 0.15) is 52.4 Å². The average Bonchev–Trinajstić information content (AvgIpc) is 2.72. The highest BCUT2D eigenvalue weighted by atomic mass is 16.1. The molecular formula is C21H21N3O2. The van der Waals surface area contributed by atoms with Gasteiger partial charge in [-0.15, -0.1) is 0 Å². The van der Waals surface area contributed by atoms with Crippen molar-refractivity contribution in [3.8, 4) is 0 Å². The minimum Gasteiger partial charge on any atom is -0.295 e. The summed E-state index contributed by atoms with van der Waals surface area (Å²) >= 11 is 0. The Morgan fingerprint density at radius 2 is 1.46 bits per heavy atom. The Bertz CT molecular complexity index is 1160. The molecule has 0 saturated carbocycles. The lowest BCUT2D eigenvalue weighted by Gasteiger charge is -1.88. The van der Waals surface area contributed by atoms with E-state index in [0.29, 0.717) is 11.1 Å². The average molecular weight is 356 g/mol. The molecule has 0 aliphatic rings. The van der Waals surface area contributed by atoms with Gasteiger partial charge in [0.2, 0.25) is 0 Å². The molecule has 0 spiro atoms. The van der Waals surface area contributed by atoms with Crippen LogP contribution in [0.4, 0.5) is 0 Å². The lowest BCUT2D eigenvalue weighted by atomic mass is 10.2. The molecule has 3 heterocycles. The first kappa shape index (κ1) is 10.5. The summed E-state index contributed by atoms with van der Waals surface area (Å²) in [6.45, 7) is -1.55.